The topological polar surface area (TPSA) is 60.2 Å². The van der Waals surface area contributed by atoms with E-state index in [0.29, 0.717) is 5.57 Å². The van der Waals surface area contributed by atoms with Crippen LogP contribution in [0.4, 0.5) is 5.69 Å². The maximum atomic E-state index is 11.6. The van der Waals surface area contributed by atoms with Gasteiger partial charge < -0.3 is 0 Å². The van der Waals surface area contributed by atoms with Crippen LogP contribution in [0.25, 0.3) is 6.08 Å². The third-order valence-electron chi connectivity index (χ3n) is 2.39. The van der Waals surface area contributed by atoms with Gasteiger partial charge in [0.2, 0.25) is 0 Å². The zero-order valence-corrected chi connectivity index (χ0v) is 9.37. The zero-order chi connectivity index (χ0) is 13.0. The second-order valence-electron chi connectivity index (χ2n) is 3.63. The van der Waals surface area contributed by atoms with Crippen LogP contribution in [0.5, 0.6) is 0 Å². The Balaban J connectivity index is 2.09. The Labute approximate surface area is 103 Å². The first-order chi connectivity index (χ1) is 8.66. The predicted octanol–water partition coefficient (Wildman–Crippen LogP) is 2.83. The third-order valence-corrected chi connectivity index (χ3v) is 2.39. The van der Waals surface area contributed by atoms with Gasteiger partial charge in [0.25, 0.3) is 5.69 Å². The first-order valence-electron chi connectivity index (χ1n) is 5.27. The Bertz CT molecular complexity index is 615. The van der Waals surface area contributed by atoms with E-state index in [1.54, 1.807) is 36.4 Å². The lowest BCUT2D eigenvalue weighted by Gasteiger charge is -1.94. The lowest BCUT2D eigenvalue weighted by molar-refractivity contribution is -0.384. The molecule has 0 unspecified atom stereocenters. The Hall–Kier alpha value is -2.71. The average molecular weight is 239 g/mol. The maximum Gasteiger partial charge on any atom is 0.269 e. The van der Waals surface area contributed by atoms with Gasteiger partial charge in [0.05, 0.1) is 10.5 Å². The van der Waals surface area contributed by atoms with Gasteiger partial charge in [-0.05, 0) is 35.9 Å². The summed E-state index contributed by atoms with van der Waals surface area (Å²) >= 11 is 0. The number of allylic oxidation sites excluding steroid dienone is 4. The van der Waals surface area contributed by atoms with Crippen molar-refractivity contribution in [2.24, 2.45) is 0 Å². The lowest BCUT2D eigenvalue weighted by atomic mass is 10.1. The van der Waals surface area contributed by atoms with Crippen LogP contribution >= 0.6 is 0 Å². The Kier molecular flexibility index (Phi) is 3.32. The van der Waals surface area contributed by atoms with Gasteiger partial charge in [0, 0.05) is 12.1 Å². The number of hydrogen-bond donors (Lipinski definition) is 0. The maximum absolute atomic E-state index is 11.6. The van der Waals surface area contributed by atoms with Crippen LogP contribution in [0.3, 0.4) is 0 Å². The highest BCUT2D eigenvalue weighted by atomic mass is 16.6. The SMILES string of the molecule is O=C(/C=C/c1ccc([N+](=O)[O-])cc1)C1=C=CC=C1. The molecule has 0 N–H and O–H groups in total. The van der Waals surface area contributed by atoms with Crippen molar-refractivity contribution in [2.45, 2.75) is 0 Å². The van der Waals surface area contributed by atoms with Gasteiger partial charge in [-0.1, -0.05) is 12.2 Å². The molecule has 0 fully saturated rings. The van der Waals surface area contributed by atoms with Crippen LogP contribution in [0.2, 0.25) is 0 Å². The van der Waals surface area contributed by atoms with Crippen LogP contribution in [0, 0.1) is 10.1 Å². The summed E-state index contributed by atoms with van der Waals surface area (Å²) in [6.45, 7) is 0. The van der Waals surface area contributed by atoms with E-state index >= 15 is 0 Å². The molecule has 4 nitrogen and oxygen atoms in total. The van der Waals surface area contributed by atoms with Crippen LogP contribution < -0.4 is 0 Å². The molecule has 0 amide bonds. The Morgan fingerprint density at radius 1 is 1.28 bits per heavy atom. The molecule has 0 radical (unpaired) electrons. The number of carbonyl (C=O) groups excluding carboxylic acids is 1. The molecule has 0 heterocycles. The lowest BCUT2D eigenvalue weighted by Crippen LogP contribution is -1.92. The van der Waals surface area contributed by atoms with Crippen molar-refractivity contribution in [1.82, 2.24) is 0 Å². The second kappa shape index (κ2) is 5.08. The van der Waals surface area contributed by atoms with Crippen molar-refractivity contribution < 1.29 is 9.72 Å². The summed E-state index contributed by atoms with van der Waals surface area (Å²) in [6, 6.07) is 5.99. The molecule has 1 aliphatic carbocycles. The molecule has 4 heteroatoms. The Morgan fingerprint density at radius 2 is 2.00 bits per heavy atom. The van der Waals surface area contributed by atoms with E-state index in [0.717, 1.165) is 5.56 Å². The highest BCUT2D eigenvalue weighted by molar-refractivity contribution is 6.08. The summed E-state index contributed by atoms with van der Waals surface area (Å²) in [7, 11) is 0. The minimum absolute atomic E-state index is 0.0304. The number of rotatable bonds is 4. The number of nitro benzene ring substituents is 1. The number of non-ortho nitro benzene ring substituents is 1. The van der Waals surface area contributed by atoms with E-state index < -0.39 is 4.92 Å². The summed E-state index contributed by atoms with van der Waals surface area (Å²) in [4.78, 5) is 21.6. The minimum Gasteiger partial charge on any atom is -0.289 e. The summed E-state index contributed by atoms with van der Waals surface area (Å²) in [5, 5.41) is 10.5. The first kappa shape index (κ1) is 11.8. The molecule has 2 rings (SSSR count). The van der Waals surface area contributed by atoms with Crippen molar-refractivity contribution in [3.63, 3.8) is 0 Å². The van der Waals surface area contributed by atoms with Crippen LogP contribution in [0.1, 0.15) is 5.56 Å². The molecule has 1 aliphatic rings. The number of benzene rings is 1. The molecule has 0 spiro atoms. The van der Waals surface area contributed by atoms with Crippen molar-refractivity contribution in [1.29, 1.82) is 0 Å². The van der Waals surface area contributed by atoms with Crippen molar-refractivity contribution >= 4 is 17.5 Å². The van der Waals surface area contributed by atoms with Gasteiger partial charge in [0.15, 0.2) is 5.78 Å². The summed E-state index contributed by atoms with van der Waals surface area (Å²) in [5.41, 5.74) is 4.08. The van der Waals surface area contributed by atoms with Gasteiger partial charge in [-0.15, -0.1) is 5.73 Å². The van der Waals surface area contributed by atoms with E-state index in [2.05, 4.69) is 5.73 Å². The number of carbonyl (C=O) groups is 1. The summed E-state index contributed by atoms with van der Waals surface area (Å²) < 4.78 is 0. The van der Waals surface area contributed by atoms with Crippen LogP contribution in [-0.2, 0) is 4.79 Å². The highest BCUT2D eigenvalue weighted by Crippen LogP contribution is 2.13. The van der Waals surface area contributed by atoms with Crippen molar-refractivity contribution in [3.8, 4) is 0 Å². The average Bonchev–Trinajstić information content (AvgIpc) is 2.90. The predicted molar refractivity (Wildman–Crippen MR) is 67.9 cm³/mol. The molecule has 0 saturated heterocycles. The van der Waals surface area contributed by atoms with E-state index in [1.165, 1.54) is 18.2 Å². The fourth-order valence-electron chi connectivity index (χ4n) is 1.45. The van der Waals surface area contributed by atoms with Crippen molar-refractivity contribution in [2.75, 3.05) is 0 Å². The van der Waals surface area contributed by atoms with E-state index in [9.17, 15) is 14.9 Å². The molecule has 1 aromatic rings. The van der Waals surface area contributed by atoms with E-state index in [4.69, 9.17) is 0 Å². The number of hydrogen-bond acceptors (Lipinski definition) is 3. The fraction of sp³-hybridized carbons (Fsp3) is 0. The van der Waals surface area contributed by atoms with Gasteiger partial charge in [0.1, 0.15) is 0 Å². The van der Waals surface area contributed by atoms with Gasteiger partial charge >= 0.3 is 0 Å². The Morgan fingerprint density at radius 3 is 2.56 bits per heavy atom. The third kappa shape index (κ3) is 2.70. The van der Waals surface area contributed by atoms with Gasteiger partial charge in [-0.3, -0.25) is 14.9 Å². The van der Waals surface area contributed by atoms with E-state index in [-0.39, 0.29) is 11.5 Å². The van der Waals surface area contributed by atoms with Gasteiger partial charge in [-0.2, -0.15) is 0 Å². The van der Waals surface area contributed by atoms with Crippen LogP contribution in [-0.4, -0.2) is 10.7 Å². The molecular formula is C14H9NO3. The molecule has 0 atom stereocenters. The monoisotopic (exact) mass is 239 g/mol. The fourth-order valence-corrected chi connectivity index (χ4v) is 1.45. The normalized spacial score (nSPS) is 13.0. The second-order valence-corrected chi connectivity index (χ2v) is 3.63. The molecule has 1 aromatic carbocycles. The highest BCUT2D eigenvalue weighted by Gasteiger charge is 2.04. The summed E-state index contributed by atoms with van der Waals surface area (Å²) in [5.74, 6) is -0.140. The quantitative estimate of drug-likeness (QED) is 0.351. The molecule has 0 bridgehead atoms. The smallest absolute Gasteiger partial charge is 0.269 e. The van der Waals surface area contributed by atoms with Crippen LogP contribution in [0.15, 0.2) is 59.9 Å². The molecule has 88 valence electrons. The minimum atomic E-state index is -0.461. The van der Waals surface area contributed by atoms with Gasteiger partial charge in [-0.25, -0.2) is 0 Å². The zero-order valence-electron chi connectivity index (χ0n) is 9.37. The molecule has 0 aromatic heterocycles. The first-order valence-corrected chi connectivity index (χ1v) is 5.27. The molecule has 0 aliphatic heterocycles. The summed E-state index contributed by atoms with van der Waals surface area (Å²) in [6.07, 6.45) is 8.14. The molecule has 18 heavy (non-hydrogen) atoms. The standard InChI is InChI=1S/C14H9NO3/c16-14(12-3-1-2-4-12)10-7-11-5-8-13(9-6-11)15(17)18/h1-3,5-10H/b10-7+. The molecule has 0 saturated carbocycles. The number of ketones is 1. The van der Waals surface area contributed by atoms with E-state index in [1.807, 2.05) is 0 Å². The van der Waals surface area contributed by atoms with Crippen molar-refractivity contribution in [3.05, 3.63) is 75.6 Å². The molecular weight excluding hydrogens is 230 g/mol. The largest absolute Gasteiger partial charge is 0.289 e. The number of nitrogens with zero attached hydrogens (tertiary/aromatic N) is 1. The number of nitro groups is 1.